The minimum absolute atomic E-state index is 0.0542. The summed E-state index contributed by atoms with van der Waals surface area (Å²) in [7, 11) is 1.69. The van der Waals surface area contributed by atoms with Gasteiger partial charge < -0.3 is 14.5 Å². The molecule has 0 bridgehead atoms. The SMILES string of the molecule is CNC(=O)C1CCN(Cc2nc(-c3cccc(Oc4ccccc4)c3)oc2C)C1. The fourth-order valence-electron chi connectivity index (χ4n) is 3.62. The third kappa shape index (κ3) is 4.49. The lowest BCUT2D eigenvalue weighted by Crippen LogP contribution is -2.30. The van der Waals surface area contributed by atoms with Crippen LogP contribution in [0.2, 0.25) is 0 Å². The molecule has 1 saturated heterocycles. The Hall–Kier alpha value is -3.12. The predicted octanol–water partition coefficient (Wildman–Crippen LogP) is 4.01. The highest BCUT2D eigenvalue weighted by Crippen LogP contribution is 2.29. The Labute approximate surface area is 170 Å². The van der Waals surface area contributed by atoms with E-state index in [0.29, 0.717) is 12.4 Å². The summed E-state index contributed by atoms with van der Waals surface area (Å²) in [6.45, 7) is 4.26. The van der Waals surface area contributed by atoms with Crippen LogP contribution in [0, 0.1) is 12.8 Å². The molecule has 1 aromatic heterocycles. The highest BCUT2D eigenvalue weighted by molar-refractivity contribution is 5.78. The zero-order valence-corrected chi connectivity index (χ0v) is 16.7. The molecule has 29 heavy (non-hydrogen) atoms. The molecule has 6 heteroatoms. The summed E-state index contributed by atoms with van der Waals surface area (Å²) in [5, 5.41) is 2.74. The van der Waals surface area contributed by atoms with E-state index in [0.717, 1.165) is 48.0 Å². The molecule has 1 atom stereocenters. The first-order valence-electron chi connectivity index (χ1n) is 9.86. The van der Waals surface area contributed by atoms with Gasteiger partial charge in [0.25, 0.3) is 0 Å². The van der Waals surface area contributed by atoms with Crippen LogP contribution in [0.1, 0.15) is 17.9 Å². The predicted molar refractivity (Wildman–Crippen MR) is 111 cm³/mol. The molecule has 0 spiro atoms. The molecule has 4 rings (SSSR count). The topological polar surface area (TPSA) is 67.6 Å². The second kappa shape index (κ2) is 8.49. The molecule has 1 amide bonds. The molecule has 3 aromatic rings. The van der Waals surface area contributed by atoms with E-state index in [1.165, 1.54) is 0 Å². The van der Waals surface area contributed by atoms with Gasteiger partial charge in [-0.15, -0.1) is 0 Å². The highest BCUT2D eigenvalue weighted by Gasteiger charge is 2.28. The normalized spacial score (nSPS) is 16.7. The van der Waals surface area contributed by atoms with Crippen LogP contribution in [-0.4, -0.2) is 35.9 Å². The van der Waals surface area contributed by atoms with Gasteiger partial charge in [-0.25, -0.2) is 4.98 Å². The summed E-state index contributed by atoms with van der Waals surface area (Å²) in [5.41, 5.74) is 1.78. The Bertz CT molecular complexity index is 984. The first kappa shape index (κ1) is 19.2. The zero-order chi connectivity index (χ0) is 20.2. The second-order valence-electron chi connectivity index (χ2n) is 7.30. The molecular weight excluding hydrogens is 366 g/mol. The lowest BCUT2D eigenvalue weighted by Gasteiger charge is -2.14. The van der Waals surface area contributed by atoms with E-state index < -0.39 is 0 Å². The molecular formula is C23H25N3O3. The number of benzene rings is 2. The number of amides is 1. The number of aryl methyl sites for hydroxylation is 1. The second-order valence-corrected chi connectivity index (χ2v) is 7.30. The summed E-state index contributed by atoms with van der Waals surface area (Å²) in [6.07, 6.45) is 0.877. The van der Waals surface area contributed by atoms with E-state index >= 15 is 0 Å². The zero-order valence-electron chi connectivity index (χ0n) is 16.7. The Morgan fingerprint density at radius 3 is 2.79 bits per heavy atom. The fraction of sp³-hybridized carbons (Fsp3) is 0.304. The monoisotopic (exact) mass is 391 g/mol. The van der Waals surface area contributed by atoms with Crippen LogP contribution in [0.5, 0.6) is 11.5 Å². The van der Waals surface area contributed by atoms with Crippen LogP contribution in [0.15, 0.2) is 59.0 Å². The first-order valence-corrected chi connectivity index (χ1v) is 9.86. The van der Waals surface area contributed by atoms with Gasteiger partial charge in [0.15, 0.2) is 0 Å². The molecule has 1 aliphatic rings. The van der Waals surface area contributed by atoms with E-state index in [9.17, 15) is 4.79 Å². The van der Waals surface area contributed by atoms with E-state index in [1.807, 2.05) is 61.5 Å². The molecule has 0 radical (unpaired) electrons. The summed E-state index contributed by atoms with van der Waals surface area (Å²) in [4.78, 5) is 18.8. The number of hydrogen-bond acceptors (Lipinski definition) is 5. The lowest BCUT2D eigenvalue weighted by atomic mass is 10.1. The quantitative estimate of drug-likeness (QED) is 0.688. The van der Waals surface area contributed by atoms with Gasteiger partial charge in [0.2, 0.25) is 11.8 Å². The Balaban J connectivity index is 1.47. The maximum Gasteiger partial charge on any atom is 0.226 e. The lowest BCUT2D eigenvalue weighted by molar-refractivity contribution is -0.124. The number of carbonyl (C=O) groups is 1. The molecule has 1 fully saturated rings. The van der Waals surface area contributed by atoms with E-state index in [1.54, 1.807) is 7.05 Å². The average Bonchev–Trinajstić information content (AvgIpc) is 3.36. The number of rotatable bonds is 6. The van der Waals surface area contributed by atoms with Crippen LogP contribution in [0.4, 0.5) is 0 Å². The number of carbonyl (C=O) groups excluding carboxylic acids is 1. The van der Waals surface area contributed by atoms with Crippen LogP contribution >= 0.6 is 0 Å². The average molecular weight is 391 g/mol. The van der Waals surface area contributed by atoms with Crippen molar-refractivity contribution >= 4 is 5.91 Å². The van der Waals surface area contributed by atoms with Gasteiger partial charge in [-0.05, 0) is 50.2 Å². The number of nitrogens with one attached hydrogen (secondary N) is 1. The Morgan fingerprint density at radius 1 is 1.21 bits per heavy atom. The van der Waals surface area contributed by atoms with Crippen LogP contribution in [-0.2, 0) is 11.3 Å². The standard InChI is InChI=1S/C23H25N3O3/c1-16-21(15-26-12-11-18(14-26)22(27)24-2)25-23(28-16)17-7-6-10-20(13-17)29-19-8-4-3-5-9-19/h3-10,13,18H,11-12,14-15H2,1-2H3,(H,24,27). The van der Waals surface area contributed by atoms with Gasteiger partial charge in [0.1, 0.15) is 17.3 Å². The highest BCUT2D eigenvalue weighted by atomic mass is 16.5. The van der Waals surface area contributed by atoms with Gasteiger partial charge in [-0.1, -0.05) is 24.3 Å². The van der Waals surface area contributed by atoms with Gasteiger partial charge in [0.05, 0.1) is 11.6 Å². The Morgan fingerprint density at radius 2 is 2.00 bits per heavy atom. The van der Waals surface area contributed by atoms with Crippen molar-refractivity contribution < 1.29 is 13.9 Å². The summed E-state index contributed by atoms with van der Waals surface area (Å²) >= 11 is 0. The third-order valence-electron chi connectivity index (χ3n) is 5.22. The van der Waals surface area contributed by atoms with Crippen molar-refractivity contribution in [2.45, 2.75) is 19.9 Å². The number of para-hydroxylation sites is 1. The number of hydrogen-bond donors (Lipinski definition) is 1. The number of ether oxygens (including phenoxy) is 1. The van der Waals surface area contributed by atoms with Gasteiger partial charge in [-0.3, -0.25) is 9.69 Å². The molecule has 1 N–H and O–H groups in total. The molecule has 2 aromatic carbocycles. The van der Waals surface area contributed by atoms with Crippen molar-refractivity contribution in [2.75, 3.05) is 20.1 Å². The molecule has 6 nitrogen and oxygen atoms in total. The van der Waals surface area contributed by atoms with Crippen LogP contribution in [0.3, 0.4) is 0 Å². The maximum atomic E-state index is 11.8. The number of aromatic nitrogens is 1. The van der Waals surface area contributed by atoms with E-state index in [2.05, 4.69) is 10.2 Å². The first-order chi connectivity index (χ1) is 14.1. The minimum Gasteiger partial charge on any atom is -0.457 e. The van der Waals surface area contributed by atoms with E-state index in [4.69, 9.17) is 14.1 Å². The summed E-state index contributed by atoms with van der Waals surface area (Å²) < 4.78 is 11.9. The van der Waals surface area contributed by atoms with Crippen molar-refractivity contribution in [2.24, 2.45) is 5.92 Å². The smallest absolute Gasteiger partial charge is 0.226 e. The van der Waals surface area contributed by atoms with Gasteiger partial charge in [-0.2, -0.15) is 0 Å². The van der Waals surface area contributed by atoms with Crippen LogP contribution < -0.4 is 10.1 Å². The summed E-state index contributed by atoms with van der Waals surface area (Å²) in [6, 6.07) is 17.4. The van der Waals surface area contributed by atoms with Crippen LogP contribution in [0.25, 0.3) is 11.5 Å². The van der Waals surface area contributed by atoms with Crippen molar-refractivity contribution in [1.82, 2.24) is 15.2 Å². The summed E-state index contributed by atoms with van der Waals surface area (Å²) in [5.74, 6) is 3.07. The molecule has 1 aliphatic heterocycles. The number of likely N-dealkylation sites (tertiary alicyclic amines) is 1. The van der Waals surface area contributed by atoms with Crippen molar-refractivity contribution in [3.05, 3.63) is 66.1 Å². The largest absolute Gasteiger partial charge is 0.457 e. The van der Waals surface area contributed by atoms with Crippen molar-refractivity contribution in [1.29, 1.82) is 0 Å². The molecule has 0 aliphatic carbocycles. The number of oxazole rings is 1. The fourth-order valence-corrected chi connectivity index (χ4v) is 3.62. The van der Waals surface area contributed by atoms with Gasteiger partial charge in [0, 0.05) is 25.7 Å². The molecule has 1 unspecified atom stereocenters. The number of nitrogens with zero attached hydrogens (tertiary/aromatic N) is 2. The third-order valence-corrected chi connectivity index (χ3v) is 5.22. The van der Waals surface area contributed by atoms with E-state index in [-0.39, 0.29) is 11.8 Å². The molecule has 0 saturated carbocycles. The van der Waals surface area contributed by atoms with Crippen molar-refractivity contribution in [3.8, 4) is 23.0 Å². The minimum atomic E-state index is 0.0542. The Kier molecular flexibility index (Phi) is 5.62. The molecule has 2 heterocycles. The van der Waals surface area contributed by atoms with Crippen molar-refractivity contribution in [3.63, 3.8) is 0 Å². The molecule has 150 valence electrons. The van der Waals surface area contributed by atoms with Gasteiger partial charge >= 0.3 is 0 Å². The maximum absolute atomic E-state index is 11.8.